The molecule has 0 aliphatic carbocycles. The molecular weight excluding hydrogens is 218 g/mol. The second kappa shape index (κ2) is 4.41. The highest BCUT2D eigenvalue weighted by Crippen LogP contribution is 2.23. The van der Waals surface area contributed by atoms with E-state index in [0.29, 0.717) is 5.56 Å². The fraction of sp³-hybridized carbons (Fsp3) is 0.231. The molecule has 0 spiro atoms. The Morgan fingerprint density at radius 3 is 2.65 bits per heavy atom. The van der Waals surface area contributed by atoms with Crippen LogP contribution >= 0.6 is 0 Å². The van der Waals surface area contributed by atoms with Gasteiger partial charge in [0.1, 0.15) is 5.56 Å². The molecule has 0 bridgehead atoms. The van der Waals surface area contributed by atoms with Gasteiger partial charge in [-0.3, -0.25) is 0 Å². The molecule has 0 amide bonds. The van der Waals surface area contributed by atoms with Crippen LogP contribution in [0.5, 0.6) is 5.88 Å². The Labute approximate surface area is 99.2 Å². The number of esters is 1. The fourth-order valence-electron chi connectivity index (χ4n) is 1.69. The summed E-state index contributed by atoms with van der Waals surface area (Å²) in [6.07, 6.45) is 0. The van der Waals surface area contributed by atoms with Gasteiger partial charge in [-0.05, 0) is 25.1 Å². The van der Waals surface area contributed by atoms with Crippen molar-refractivity contribution in [2.24, 2.45) is 0 Å². The lowest BCUT2D eigenvalue weighted by atomic mass is 10.1. The van der Waals surface area contributed by atoms with E-state index in [4.69, 9.17) is 9.47 Å². The fourth-order valence-corrected chi connectivity index (χ4v) is 1.69. The number of methoxy groups -OCH3 is 2. The molecule has 1 heterocycles. The van der Waals surface area contributed by atoms with Crippen LogP contribution in [0.3, 0.4) is 0 Å². The highest BCUT2D eigenvalue weighted by molar-refractivity contribution is 5.96. The molecule has 0 aliphatic heterocycles. The molecule has 1 aromatic heterocycles. The first-order chi connectivity index (χ1) is 8.15. The molecule has 88 valence electrons. The smallest absolute Gasteiger partial charge is 0.343 e. The number of aryl methyl sites for hydroxylation is 1. The van der Waals surface area contributed by atoms with Crippen LogP contribution in [0.15, 0.2) is 24.3 Å². The molecule has 0 N–H and O–H groups in total. The summed E-state index contributed by atoms with van der Waals surface area (Å²) in [6.45, 7) is 1.99. The van der Waals surface area contributed by atoms with Gasteiger partial charge in [-0.25, -0.2) is 9.78 Å². The summed E-state index contributed by atoms with van der Waals surface area (Å²) in [7, 11) is 2.82. The molecule has 0 aliphatic rings. The third kappa shape index (κ3) is 2.06. The first-order valence-electron chi connectivity index (χ1n) is 5.19. The van der Waals surface area contributed by atoms with E-state index in [1.54, 1.807) is 6.07 Å². The number of carbonyl (C=O) groups is 1. The Hall–Kier alpha value is -2.10. The van der Waals surface area contributed by atoms with E-state index in [1.807, 2.05) is 25.1 Å². The van der Waals surface area contributed by atoms with Crippen molar-refractivity contribution in [2.75, 3.05) is 14.2 Å². The Bertz CT molecular complexity index is 578. The maximum atomic E-state index is 11.6. The zero-order chi connectivity index (χ0) is 12.4. The van der Waals surface area contributed by atoms with Crippen molar-refractivity contribution in [1.29, 1.82) is 0 Å². The lowest BCUT2D eigenvalue weighted by molar-refractivity contribution is 0.0596. The molecular formula is C13H13NO3. The van der Waals surface area contributed by atoms with Gasteiger partial charge in [0.2, 0.25) is 5.88 Å². The first-order valence-corrected chi connectivity index (χ1v) is 5.19. The van der Waals surface area contributed by atoms with Crippen molar-refractivity contribution in [3.05, 3.63) is 35.4 Å². The molecule has 2 aromatic rings. The number of hydrogen-bond donors (Lipinski definition) is 0. The van der Waals surface area contributed by atoms with Gasteiger partial charge in [-0.2, -0.15) is 0 Å². The van der Waals surface area contributed by atoms with Crippen LogP contribution in [0.1, 0.15) is 15.9 Å². The van der Waals surface area contributed by atoms with Gasteiger partial charge in [-0.15, -0.1) is 0 Å². The van der Waals surface area contributed by atoms with Gasteiger partial charge in [0.15, 0.2) is 0 Å². The normalized spacial score (nSPS) is 10.3. The molecule has 0 radical (unpaired) electrons. The minimum atomic E-state index is -0.447. The van der Waals surface area contributed by atoms with Crippen LogP contribution < -0.4 is 4.74 Å². The van der Waals surface area contributed by atoms with Crippen molar-refractivity contribution >= 4 is 16.9 Å². The number of benzene rings is 1. The van der Waals surface area contributed by atoms with Crippen LogP contribution in [0.4, 0.5) is 0 Å². The van der Waals surface area contributed by atoms with Crippen molar-refractivity contribution < 1.29 is 14.3 Å². The van der Waals surface area contributed by atoms with Gasteiger partial charge >= 0.3 is 5.97 Å². The van der Waals surface area contributed by atoms with E-state index in [9.17, 15) is 4.79 Å². The maximum absolute atomic E-state index is 11.6. The number of nitrogens with zero attached hydrogens (tertiary/aromatic N) is 1. The Morgan fingerprint density at radius 1 is 1.24 bits per heavy atom. The highest BCUT2D eigenvalue weighted by Gasteiger charge is 2.15. The lowest BCUT2D eigenvalue weighted by Gasteiger charge is -2.08. The zero-order valence-corrected chi connectivity index (χ0v) is 9.98. The molecule has 0 saturated carbocycles. The summed E-state index contributed by atoms with van der Waals surface area (Å²) in [5.41, 5.74) is 2.24. The predicted molar refractivity (Wildman–Crippen MR) is 64.4 cm³/mol. The third-order valence-corrected chi connectivity index (χ3v) is 2.53. The number of hydrogen-bond acceptors (Lipinski definition) is 4. The van der Waals surface area contributed by atoms with E-state index < -0.39 is 5.97 Å². The number of ether oxygens (including phenoxy) is 2. The summed E-state index contributed by atoms with van der Waals surface area (Å²) in [5, 5.41) is 0.895. The van der Waals surface area contributed by atoms with Crippen molar-refractivity contribution in [3.63, 3.8) is 0 Å². The molecule has 4 heteroatoms. The van der Waals surface area contributed by atoms with Crippen LogP contribution in [-0.2, 0) is 4.74 Å². The van der Waals surface area contributed by atoms with E-state index in [2.05, 4.69) is 4.98 Å². The molecule has 0 unspecified atom stereocenters. The van der Waals surface area contributed by atoms with E-state index in [0.717, 1.165) is 16.5 Å². The minimum absolute atomic E-state index is 0.285. The van der Waals surface area contributed by atoms with E-state index in [-0.39, 0.29) is 5.88 Å². The topological polar surface area (TPSA) is 48.4 Å². The van der Waals surface area contributed by atoms with Crippen LogP contribution in [0.2, 0.25) is 0 Å². The maximum Gasteiger partial charge on any atom is 0.343 e. The largest absolute Gasteiger partial charge is 0.480 e. The molecule has 2 rings (SSSR count). The first kappa shape index (κ1) is 11.4. The molecule has 17 heavy (non-hydrogen) atoms. The zero-order valence-electron chi connectivity index (χ0n) is 9.98. The number of pyridine rings is 1. The second-order valence-corrected chi connectivity index (χ2v) is 3.73. The van der Waals surface area contributed by atoms with Crippen LogP contribution in [0, 0.1) is 6.92 Å². The minimum Gasteiger partial charge on any atom is -0.480 e. The molecule has 4 nitrogen and oxygen atoms in total. The average Bonchev–Trinajstić information content (AvgIpc) is 2.36. The summed E-state index contributed by atoms with van der Waals surface area (Å²) < 4.78 is 9.79. The van der Waals surface area contributed by atoms with E-state index >= 15 is 0 Å². The highest BCUT2D eigenvalue weighted by atomic mass is 16.5. The van der Waals surface area contributed by atoms with Crippen molar-refractivity contribution in [1.82, 2.24) is 4.98 Å². The van der Waals surface area contributed by atoms with Gasteiger partial charge in [0.05, 0.1) is 19.7 Å². The average molecular weight is 231 g/mol. The van der Waals surface area contributed by atoms with Gasteiger partial charge in [0, 0.05) is 5.39 Å². The summed E-state index contributed by atoms with van der Waals surface area (Å²) in [5.74, 6) is -0.161. The summed E-state index contributed by atoms with van der Waals surface area (Å²) in [4.78, 5) is 15.9. The van der Waals surface area contributed by atoms with Gasteiger partial charge in [0.25, 0.3) is 0 Å². The van der Waals surface area contributed by atoms with Crippen molar-refractivity contribution in [2.45, 2.75) is 6.92 Å². The summed E-state index contributed by atoms with van der Waals surface area (Å²) >= 11 is 0. The Kier molecular flexibility index (Phi) is 2.95. The molecule has 0 saturated heterocycles. The molecule has 1 aromatic carbocycles. The predicted octanol–water partition coefficient (Wildman–Crippen LogP) is 2.34. The lowest BCUT2D eigenvalue weighted by Crippen LogP contribution is -2.05. The number of carbonyl (C=O) groups excluding carboxylic acids is 1. The van der Waals surface area contributed by atoms with Crippen LogP contribution in [0.25, 0.3) is 10.9 Å². The van der Waals surface area contributed by atoms with Gasteiger partial charge in [-0.1, -0.05) is 11.6 Å². The quantitative estimate of drug-likeness (QED) is 0.744. The monoisotopic (exact) mass is 231 g/mol. The second-order valence-electron chi connectivity index (χ2n) is 3.73. The molecule has 0 atom stereocenters. The van der Waals surface area contributed by atoms with Crippen molar-refractivity contribution in [3.8, 4) is 5.88 Å². The molecule has 0 fully saturated rings. The Morgan fingerprint density at radius 2 is 2.00 bits per heavy atom. The van der Waals surface area contributed by atoms with Gasteiger partial charge < -0.3 is 9.47 Å². The standard InChI is InChI=1S/C13H13NO3/c1-8-4-5-11-9(6-8)7-10(13(15)17-3)12(14-11)16-2/h4-7H,1-3H3. The third-order valence-electron chi connectivity index (χ3n) is 2.53. The van der Waals surface area contributed by atoms with E-state index in [1.165, 1.54) is 14.2 Å². The summed E-state index contributed by atoms with van der Waals surface area (Å²) in [6, 6.07) is 7.56. The van der Waals surface area contributed by atoms with Crippen LogP contribution in [-0.4, -0.2) is 25.2 Å². The number of rotatable bonds is 2. The Balaban J connectivity index is 2.69. The number of aromatic nitrogens is 1. The number of fused-ring (bicyclic) bond motifs is 1. The SMILES string of the molecule is COC(=O)c1cc2cc(C)ccc2nc1OC.